The average Bonchev–Trinajstić information content (AvgIpc) is 3.76. The zero-order chi connectivity index (χ0) is 47.6. The lowest BCUT2D eigenvalue weighted by molar-refractivity contribution is -0.140. The molecule has 30 nitrogen and oxygen atoms in total. The average molecular weight is 963 g/mol. The van der Waals surface area contributed by atoms with E-state index >= 15 is 0 Å². The van der Waals surface area contributed by atoms with Crippen LogP contribution in [0.15, 0.2) is 6.33 Å². The van der Waals surface area contributed by atoms with Crippen LogP contribution < -0.4 is 43.4 Å². The maximum absolute atomic E-state index is 12.4. The Labute approximate surface area is 362 Å². The summed E-state index contributed by atoms with van der Waals surface area (Å²) in [5.74, 6) is -8.90. The molecule has 1 aromatic rings. The molecule has 0 aliphatic carbocycles. The third-order valence-electron chi connectivity index (χ3n) is 8.21. The smallest absolute Gasteiger partial charge is 0.469 e. The summed E-state index contributed by atoms with van der Waals surface area (Å²) in [5, 5.41) is 69.5. The van der Waals surface area contributed by atoms with E-state index in [0.29, 0.717) is 5.82 Å². The van der Waals surface area contributed by atoms with Crippen LogP contribution in [-0.2, 0) is 52.2 Å². The second-order valence-corrected chi connectivity index (χ2v) is 16.8. The van der Waals surface area contributed by atoms with Crippen molar-refractivity contribution in [2.24, 2.45) is 11.5 Å². The number of fused-ring (bicyclic) bond motifs is 1. The standard InChI is InChI=1S/C20H32N6O12S2.C10H15N4O8P/c21-9(19(35)36)1-3-13(27)25-11(17(33)23-5-15(29)30)7-39-40-8-12(18(34)24-6-16(31)32)26-14(28)4-2-10(22)20(37)38;15-6-4(1-21-23(18,19)20)22-10(7(6)16)14-3-13-5-8(14)11-2-12-9(5)17/h9-12H,1-8,21-22H2,(H,23,33)(H,24,34)(H,25,27)(H,26,28)(H,29,30)(H,31,32)(H,35,36)(H,37,38);3-4,6-7,10-11,15-16H,1-2H2,(H,12,17)(H2,18,19,20)/t9?,10?,11-,12-;4-,6-,7-,10?/m00/s1. The van der Waals surface area contributed by atoms with Gasteiger partial charge in [0.25, 0.3) is 5.91 Å². The lowest BCUT2D eigenvalue weighted by Gasteiger charge is -2.22. The Morgan fingerprint density at radius 3 is 1.75 bits per heavy atom. The summed E-state index contributed by atoms with van der Waals surface area (Å²) < 4.78 is 21.8. The van der Waals surface area contributed by atoms with Crippen LogP contribution >= 0.6 is 29.4 Å². The molecule has 0 radical (unpaired) electrons. The van der Waals surface area contributed by atoms with Gasteiger partial charge in [-0.3, -0.25) is 52.2 Å². The highest BCUT2D eigenvalue weighted by Gasteiger charge is 2.46. The number of anilines is 1. The SMILES string of the molecule is NC(CCC(=O)N[C@@H](CSSC[C@H](NC(=O)CCC(N)C(=O)O)C(=O)NCC(=O)O)C(=O)NCC(=O)O)C(=O)O.O=C1NCNc2c1ncn2C1O[C@@H](COP(=O)(O)O)[C@H](O)[C@@H]1O. The van der Waals surface area contributed by atoms with Crippen molar-refractivity contribution in [1.29, 1.82) is 0 Å². The fourth-order valence-electron chi connectivity index (χ4n) is 4.98. The van der Waals surface area contributed by atoms with E-state index < -0.39 is 130 Å². The van der Waals surface area contributed by atoms with Gasteiger partial charge in [0.15, 0.2) is 11.9 Å². The van der Waals surface area contributed by atoms with Crippen molar-refractivity contribution in [2.75, 3.05) is 43.2 Å². The molecular weight excluding hydrogens is 915 g/mol. The molecule has 18 N–H and O–H groups in total. The quantitative estimate of drug-likeness (QED) is 0.0246. The summed E-state index contributed by atoms with van der Waals surface area (Å²) in [4.78, 5) is 125. The molecule has 354 valence electrons. The van der Waals surface area contributed by atoms with E-state index in [1.165, 1.54) is 10.9 Å². The largest absolute Gasteiger partial charge is 0.480 e. The first-order valence-electron chi connectivity index (χ1n) is 18.0. The number of hydrogen-bond acceptors (Lipinski definition) is 20. The minimum absolute atomic E-state index is 0.108. The summed E-state index contributed by atoms with van der Waals surface area (Å²) >= 11 is 0. The number of aliphatic hydroxyl groups excluding tert-OH is 2. The summed E-state index contributed by atoms with van der Waals surface area (Å²) in [7, 11) is -2.84. The molecule has 0 saturated carbocycles. The second-order valence-electron chi connectivity index (χ2n) is 13.0. The van der Waals surface area contributed by atoms with Gasteiger partial charge in [-0.15, -0.1) is 0 Å². The molecule has 0 spiro atoms. The fraction of sp³-hybridized carbons (Fsp3) is 0.600. The molecule has 0 bridgehead atoms. The van der Waals surface area contributed by atoms with Gasteiger partial charge in [0, 0.05) is 24.3 Å². The Bertz CT molecular complexity index is 1800. The van der Waals surface area contributed by atoms with Crippen LogP contribution in [0.5, 0.6) is 0 Å². The van der Waals surface area contributed by atoms with Gasteiger partial charge in [0.05, 0.1) is 19.6 Å². The molecule has 1 fully saturated rings. The van der Waals surface area contributed by atoms with Crippen LogP contribution in [0.2, 0.25) is 0 Å². The van der Waals surface area contributed by atoms with Crippen molar-refractivity contribution in [3.05, 3.63) is 12.0 Å². The highest BCUT2D eigenvalue weighted by atomic mass is 33.1. The topological polar surface area (TPSA) is 493 Å². The molecule has 0 aromatic carbocycles. The minimum Gasteiger partial charge on any atom is -0.480 e. The molecule has 1 aromatic heterocycles. The van der Waals surface area contributed by atoms with Gasteiger partial charge >= 0.3 is 31.7 Å². The molecule has 63 heavy (non-hydrogen) atoms. The van der Waals surface area contributed by atoms with Gasteiger partial charge in [0.2, 0.25) is 23.6 Å². The monoisotopic (exact) mass is 962 g/mol. The van der Waals surface area contributed by atoms with Gasteiger partial charge < -0.3 is 88.5 Å². The zero-order valence-corrected chi connectivity index (χ0v) is 35.1. The number of aromatic nitrogens is 2. The minimum atomic E-state index is -4.73. The number of aliphatic hydroxyl groups is 2. The molecule has 8 atom stereocenters. The van der Waals surface area contributed by atoms with Crippen molar-refractivity contribution in [1.82, 2.24) is 36.1 Å². The number of ether oxygens (including phenoxy) is 1. The van der Waals surface area contributed by atoms with E-state index in [9.17, 15) is 57.9 Å². The Kier molecular flexibility index (Phi) is 22.1. The van der Waals surface area contributed by atoms with E-state index in [2.05, 4.69) is 41.4 Å². The molecule has 2 aliphatic heterocycles. The second kappa shape index (κ2) is 25.8. The fourth-order valence-corrected chi connectivity index (χ4v) is 7.65. The van der Waals surface area contributed by atoms with Crippen LogP contribution in [0, 0.1) is 0 Å². The number of imidazole rings is 1. The maximum atomic E-state index is 12.4. The van der Waals surface area contributed by atoms with Crippen molar-refractivity contribution in [3.63, 3.8) is 0 Å². The highest BCUT2D eigenvalue weighted by Crippen LogP contribution is 2.39. The Morgan fingerprint density at radius 2 is 1.32 bits per heavy atom. The van der Waals surface area contributed by atoms with E-state index in [1.54, 1.807) is 0 Å². The number of carboxylic acids is 4. The molecule has 3 heterocycles. The number of rotatable bonds is 25. The maximum Gasteiger partial charge on any atom is 0.469 e. The number of carbonyl (C=O) groups excluding carboxylic acids is 5. The first kappa shape index (κ1) is 54.0. The molecule has 33 heteroatoms. The predicted octanol–water partition coefficient (Wildman–Crippen LogP) is -6.15. The van der Waals surface area contributed by atoms with Crippen LogP contribution in [0.1, 0.15) is 42.4 Å². The summed E-state index contributed by atoms with van der Waals surface area (Å²) in [6.07, 6.45) is -4.94. The molecule has 3 rings (SSSR count). The van der Waals surface area contributed by atoms with Crippen LogP contribution in [0.4, 0.5) is 5.82 Å². The van der Waals surface area contributed by atoms with E-state index in [4.69, 9.17) is 46.4 Å². The van der Waals surface area contributed by atoms with Crippen molar-refractivity contribution < 1.29 is 97.4 Å². The van der Waals surface area contributed by atoms with Gasteiger partial charge in [-0.25, -0.2) is 9.55 Å². The molecular formula is C30H47N10O20PS2. The number of nitrogens with two attached hydrogens (primary N) is 2. The number of aliphatic carboxylic acids is 4. The highest BCUT2D eigenvalue weighted by molar-refractivity contribution is 8.76. The van der Waals surface area contributed by atoms with Gasteiger partial charge in [-0.2, -0.15) is 0 Å². The van der Waals surface area contributed by atoms with E-state index in [0.717, 1.165) is 21.6 Å². The first-order chi connectivity index (χ1) is 29.4. The zero-order valence-electron chi connectivity index (χ0n) is 32.6. The van der Waals surface area contributed by atoms with Crippen LogP contribution in [-0.4, -0.2) is 184 Å². The van der Waals surface area contributed by atoms with Gasteiger partial charge in [-0.05, 0) is 12.8 Å². The number of phosphoric acid groups is 1. The number of hydrogen-bond donors (Lipinski definition) is 16. The Hall–Kier alpha value is -5.15. The molecule has 3 unspecified atom stereocenters. The van der Waals surface area contributed by atoms with Gasteiger partial charge in [-0.1, -0.05) is 21.6 Å². The number of amides is 5. The Morgan fingerprint density at radius 1 is 0.841 bits per heavy atom. The number of carboxylic acid groups (broad SMARTS) is 4. The summed E-state index contributed by atoms with van der Waals surface area (Å²) in [6.45, 7) is -1.93. The van der Waals surface area contributed by atoms with Crippen molar-refractivity contribution >= 4 is 88.6 Å². The van der Waals surface area contributed by atoms with E-state index in [-0.39, 0.29) is 49.6 Å². The molecule has 1 saturated heterocycles. The third-order valence-corrected chi connectivity index (χ3v) is 11.1. The number of nitrogens with zero attached hydrogens (tertiary/aromatic N) is 2. The summed E-state index contributed by atoms with van der Waals surface area (Å²) in [5.41, 5.74) is 10.8. The Balaban J connectivity index is 0.000000495. The molecule has 2 aliphatic rings. The lowest BCUT2D eigenvalue weighted by Crippen LogP contribution is -2.50. The van der Waals surface area contributed by atoms with E-state index in [1.807, 2.05) is 0 Å². The predicted molar refractivity (Wildman–Crippen MR) is 212 cm³/mol. The van der Waals surface area contributed by atoms with Crippen molar-refractivity contribution in [2.45, 2.75) is 74.4 Å². The lowest BCUT2D eigenvalue weighted by atomic mass is 10.1. The van der Waals surface area contributed by atoms with Crippen molar-refractivity contribution in [3.8, 4) is 0 Å². The van der Waals surface area contributed by atoms with Crippen LogP contribution in [0.3, 0.4) is 0 Å². The first-order valence-corrected chi connectivity index (χ1v) is 22.0. The number of carbonyl (C=O) groups is 9. The summed E-state index contributed by atoms with van der Waals surface area (Å²) in [6, 6.07) is -5.16. The normalized spacial score (nSPS) is 19.8. The third kappa shape index (κ3) is 19.0. The number of phosphoric ester groups is 1. The molecule has 5 amide bonds. The number of nitrogens with one attached hydrogen (secondary N) is 6. The van der Waals surface area contributed by atoms with Gasteiger partial charge in [0.1, 0.15) is 61.4 Å². The van der Waals surface area contributed by atoms with Crippen LogP contribution in [0.25, 0.3) is 0 Å².